The van der Waals surface area contributed by atoms with Crippen LogP contribution in [0.15, 0.2) is 43.0 Å². The second-order valence-electron chi connectivity index (χ2n) is 3.56. The Morgan fingerprint density at radius 2 is 1.93 bits per heavy atom. The number of fused-ring (bicyclic) bond motifs is 1. The van der Waals surface area contributed by atoms with E-state index in [9.17, 15) is 0 Å². The maximum Gasteiger partial charge on any atom is 0.130 e. The van der Waals surface area contributed by atoms with Gasteiger partial charge in [0.2, 0.25) is 0 Å². The molecule has 2 rings (SSSR count). The van der Waals surface area contributed by atoms with Crippen LogP contribution in [0.5, 0.6) is 5.75 Å². The molecule has 0 N–H and O–H groups in total. The zero-order chi connectivity index (χ0) is 10.8. The van der Waals surface area contributed by atoms with Gasteiger partial charge in [-0.15, -0.1) is 0 Å². The van der Waals surface area contributed by atoms with Crippen LogP contribution in [0.25, 0.3) is 16.3 Å². The van der Waals surface area contributed by atoms with Gasteiger partial charge in [-0.1, -0.05) is 36.9 Å². The Bertz CT molecular complexity index is 517. The zero-order valence-corrected chi connectivity index (χ0v) is 9.81. The van der Waals surface area contributed by atoms with Gasteiger partial charge in [0.1, 0.15) is 5.75 Å². The number of allylic oxidation sites excluding steroid dienone is 1. The molecule has 0 spiro atoms. The van der Waals surface area contributed by atoms with Crippen LogP contribution in [0, 0.1) is 0 Å². The van der Waals surface area contributed by atoms with Crippen molar-refractivity contribution in [1.82, 2.24) is 0 Å². The van der Waals surface area contributed by atoms with E-state index in [0.717, 1.165) is 16.9 Å². The summed E-state index contributed by atoms with van der Waals surface area (Å²) in [4.78, 5) is 0. The molecule has 0 aliphatic carbocycles. The topological polar surface area (TPSA) is 9.23 Å². The summed E-state index contributed by atoms with van der Waals surface area (Å²) in [5.41, 5.74) is 2.10. The molecule has 2 aromatic rings. The summed E-state index contributed by atoms with van der Waals surface area (Å²) in [6.45, 7) is 5.99. The predicted molar refractivity (Wildman–Crippen MR) is 69.0 cm³/mol. The molecule has 0 fully saturated rings. The Morgan fingerprint density at radius 1 is 1.20 bits per heavy atom. The fourth-order valence-electron chi connectivity index (χ4n) is 1.79. The van der Waals surface area contributed by atoms with Gasteiger partial charge in [0.15, 0.2) is 0 Å². The summed E-state index contributed by atoms with van der Waals surface area (Å²) < 4.78 is 5.27. The zero-order valence-electron chi connectivity index (χ0n) is 8.66. The van der Waals surface area contributed by atoms with E-state index < -0.39 is 0 Å². The fraction of sp³-hybridized carbons (Fsp3) is 0.0769. The molecule has 0 amide bonds. The molecule has 76 valence electrons. The van der Waals surface area contributed by atoms with Crippen molar-refractivity contribution in [2.24, 2.45) is 0 Å². The molecule has 1 unspecified atom stereocenters. The quantitative estimate of drug-likeness (QED) is 0.688. The Hall–Kier alpha value is -1.33. The average molecular weight is 216 g/mol. The monoisotopic (exact) mass is 216 g/mol. The standard InChI is InChI=1S/C13H13OP/c1-9(2)13-11-6-4-3-5-10(11)7-8-12(13)14-15/h3-8H,1,15H2,2H3. The van der Waals surface area contributed by atoms with Crippen LogP contribution in [0.3, 0.4) is 0 Å². The van der Waals surface area contributed by atoms with Gasteiger partial charge >= 0.3 is 0 Å². The number of rotatable bonds is 2. The number of hydrogen-bond donors (Lipinski definition) is 0. The fourth-order valence-corrected chi connectivity index (χ4v) is 1.99. The van der Waals surface area contributed by atoms with Crippen molar-refractivity contribution in [2.75, 3.05) is 0 Å². The summed E-state index contributed by atoms with van der Waals surface area (Å²) in [7, 11) is 2.28. The van der Waals surface area contributed by atoms with E-state index in [0.29, 0.717) is 0 Å². The highest BCUT2D eigenvalue weighted by Gasteiger charge is 2.07. The lowest BCUT2D eigenvalue weighted by Crippen LogP contribution is -1.87. The van der Waals surface area contributed by atoms with Crippen molar-refractivity contribution in [3.8, 4) is 5.75 Å². The second kappa shape index (κ2) is 4.04. The maximum atomic E-state index is 5.27. The van der Waals surface area contributed by atoms with Crippen molar-refractivity contribution in [1.29, 1.82) is 0 Å². The summed E-state index contributed by atoms with van der Waals surface area (Å²) in [6.07, 6.45) is 0. The van der Waals surface area contributed by atoms with E-state index in [1.54, 1.807) is 0 Å². The molecule has 1 nitrogen and oxygen atoms in total. The molecular weight excluding hydrogens is 203 g/mol. The molecule has 1 atom stereocenters. The normalized spacial score (nSPS) is 10.3. The molecule has 0 saturated carbocycles. The van der Waals surface area contributed by atoms with Crippen molar-refractivity contribution in [3.05, 3.63) is 48.5 Å². The molecule has 0 aliphatic heterocycles. The number of benzene rings is 2. The van der Waals surface area contributed by atoms with Crippen LogP contribution in [-0.2, 0) is 0 Å². The summed E-state index contributed by atoms with van der Waals surface area (Å²) in [5, 5.41) is 2.39. The first-order valence-electron chi connectivity index (χ1n) is 4.78. The van der Waals surface area contributed by atoms with Gasteiger partial charge in [0, 0.05) is 5.56 Å². The van der Waals surface area contributed by atoms with Gasteiger partial charge in [-0.3, -0.25) is 0 Å². The number of hydrogen-bond acceptors (Lipinski definition) is 1. The molecule has 0 aliphatic rings. The van der Waals surface area contributed by atoms with Crippen LogP contribution in [0.2, 0.25) is 0 Å². The van der Waals surface area contributed by atoms with Crippen molar-refractivity contribution < 1.29 is 4.52 Å². The van der Waals surface area contributed by atoms with Crippen molar-refractivity contribution >= 4 is 25.8 Å². The lowest BCUT2D eigenvalue weighted by Gasteiger charge is -2.11. The smallest absolute Gasteiger partial charge is 0.130 e. The minimum atomic E-state index is 0.853. The average Bonchev–Trinajstić information content (AvgIpc) is 2.27. The SMILES string of the molecule is C=C(C)c1c(OP)ccc2ccccc12. The van der Waals surface area contributed by atoms with Gasteiger partial charge in [-0.25, -0.2) is 0 Å². The van der Waals surface area contributed by atoms with E-state index in [-0.39, 0.29) is 0 Å². The van der Waals surface area contributed by atoms with E-state index in [1.807, 2.05) is 25.1 Å². The first-order chi connectivity index (χ1) is 7.24. The molecule has 0 saturated heterocycles. The third-order valence-corrected chi connectivity index (χ3v) is 2.70. The Kier molecular flexibility index (Phi) is 2.75. The highest BCUT2D eigenvalue weighted by Crippen LogP contribution is 2.33. The molecule has 15 heavy (non-hydrogen) atoms. The Labute approximate surface area is 92.0 Å². The molecule has 0 bridgehead atoms. The first kappa shape index (κ1) is 10.2. The Morgan fingerprint density at radius 3 is 2.60 bits per heavy atom. The summed E-state index contributed by atoms with van der Waals surface area (Å²) >= 11 is 0. The van der Waals surface area contributed by atoms with Gasteiger partial charge < -0.3 is 4.52 Å². The van der Waals surface area contributed by atoms with Crippen LogP contribution >= 0.6 is 9.47 Å². The molecule has 0 aromatic heterocycles. The predicted octanol–water partition coefficient (Wildman–Crippen LogP) is 4.04. The molecule has 2 heteroatoms. The molecule has 2 aromatic carbocycles. The van der Waals surface area contributed by atoms with E-state index in [1.165, 1.54) is 10.8 Å². The third kappa shape index (κ3) is 1.75. The first-order valence-corrected chi connectivity index (χ1v) is 5.25. The van der Waals surface area contributed by atoms with Gasteiger partial charge in [0.05, 0.1) is 9.47 Å². The highest BCUT2D eigenvalue weighted by molar-refractivity contribution is 7.10. The minimum Gasteiger partial charge on any atom is -0.480 e. The second-order valence-corrected chi connectivity index (χ2v) is 3.79. The van der Waals surface area contributed by atoms with Gasteiger partial charge in [-0.05, 0) is 29.3 Å². The minimum absolute atomic E-state index is 0.853. The third-order valence-electron chi connectivity index (χ3n) is 2.44. The maximum absolute atomic E-state index is 5.27. The summed E-state index contributed by atoms with van der Waals surface area (Å²) in [5.74, 6) is 0.853. The van der Waals surface area contributed by atoms with Crippen LogP contribution < -0.4 is 4.52 Å². The van der Waals surface area contributed by atoms with Crippen LogP contribution in [0.1, 0.15) is 12.5 Å². The van der Waals surface area contributed by atoms with Gasteiger partial charge in [0.25, 0.3) is 0 Å². The van der Waals surface area contributed by atoms with E-state index in [4.69, 9.17) is 4.52 Å². The van der Waals surface area contributed by atoms with Gasteiger partial charge in [-0.2, -0.15) is 0 Å². The van der Waals surface area contributed by atoms with E-state index in [2.05, 4.69) is 34.2 Å². The highest BCUT2D eigenvalue weighted by atomic mass is 31.0. The lowest BCUT2D eigenvalue weighted by molar-refractivity contribution is 0.645. The van der Waals surface area contributed by atoms with Crippen molar-refractivity contribution in [3.63, 3.8) is 0 Å². The van der Waals surface area contributed by atoms with Crippen molar-refractivity contribution in [2.45, 2.75) is 6.92 Å². The van der Waals surface area contributed by atoms with Crippen LogP contribution in [0.4, 0.5) is 0 Å². The largest absolute Gasteiger partial charge is 0.480 e. The molecule has 0 radical (unpaired) electrons. The summed E-state index contributed by atoms with van der Waals surface area (Å²) in [6, 6.07) is 12.3. The van der Waals surface area contributed by atoms with E-state index >= 15 is 0 Å². The molecular formula is C13H13OP. The lowest BCUT2D eigenvalue weighted by atomic mass is 9.99. The molecule has 0 heterocycles. The Balaban J connectivity index is 2.85. The van der Waals surface area contributed by atoms with Crippen LogP contribution in [-0.4, -0.2) is 0 Å².